The van der Waals surface area contributed by atoms with Gasteiger partial charge in [-0.1, -0.05) is 60.7 Å². The van der Waals surface area contributed by atoms with Crippen LogP contribution < -0.4 is 0 Å². The molecular weight excluding hydrogens is 371 g/mol. The van der Waals surface area contributed by atoms with Crippen molar-refractivity contribution in [2.45, 2.75) is 37.5 Å². The van der Waals surface area contributed by atoms with Gasteiger partial charge in [-0.25, -0.2) is 0 Å². The largest absolute Gasteiger partial charge is 0.419 e. The van der Waals surface area contributed by atoms with Crippen molar-refractivity contribution in [1.29, 1.82) is 0 Å². The van der Waals surface area contributed by atoms with Crippen molar-refractivity contribution in [3.05, 3.63) is 71.8 Å². The lowest BCUT2D eigenvalue weighted by atomic mass is 9.88. The zero-order valence-corrected chi connectivity index (χ0v) is 15.4. The normalized spacial score (nSPS) is 23.6. The molecule has 2 unspecified atom stereocenters. The number of nitrogens with zero attached hydrogens (tertiary/aromatic N) is 1. The molecule has 152 valence electrons. The van der Waals surface area contributed by atoms with E-state index in [1.807, 2.05) is 36.4 Å². The van der Waals surface area contributed by atoms with Crippen molar-refractivity contribution in [3.63, 3.8) is 0 Å². The van der Waals surface area contributed by atoms with Crippen LogP contribution in [-0.4, -0.2) is 47.7 Å². The first-order valence-corrected chi connectivity index (χ1v) is 9.17. The van der Waals surface area contributed by atoms with E-state index in [-0.39, 0.29) is 26.4 Å². The number of ether oxygens (including phenoxy) is 2. The van der Waals surface area contributed by atoms with Crippen molar-refractivity contribution in [2.24, 2.45) is 0 Å². The lowest BCUT2D eigenvalue weighted by Gasteiger charge is -2.44. The number of benzene rings is 2. The Morgan fingerprint density at radius 1 is 0.964 bits per heavy atom. The minimum absolute atomic E-state index is 0.00259. The molecule has 3 rings (SSSR count). The summed E-state index contributed by atoms with van der Waals surface area (Å²) in [5.74, 6) is 0. The molecule has 28 heavy (non-hydrogen) atoms. The Morgan fingerprint density at radius 3 is 2.11 bits per heavy atom. The molecule has 0 aromatic heterocycles. The summed E-state index contributed by atoms with van der Waals surface area (Å²) >= 11 is 0. The number of likely N-dealkylation sites (tertiary alicyclic amines) is 1. The number of halogens is 3. The maximum Gasteiger partial charge on any atom is 0.419 e. The van der Waals surface area contributed by atoms with Crippen LogP contribution in [0.4, 0.5) is 13.2 Å². The Balaban J connectivity index is 1.60. The Hall–Kier alpha value is -1.93. The zero-order valence-electron chi connectivity index (χ0n) is 15.4. The van der Waals surface area contributed by atoms with E-state index in [1.165, 1.54) is 0 Å². The molecule has 4 nitrogen and oxygen atoms in total. The van der Waals surface area contributed by atoms with Gasteiger partial charge in [0.05, 0.1) is 19.9 Å². The summed E-state index contributed by atoms with van der Waals surface area (Å²) in [6.07, 6.45) is -6.60. The van der Waals surface area contributed by atoms with E-state index in [2.05, 4.69) is 0 Å². The first kappa shape index (κ1) is 20.8. The molecule has 1 N–H and O–H groups in total. The fourth-order valence-electron chi connectivity index (χ4n) is 3.24. The van der Waals surface area contributed by atoms with Crippen molar-refractivity contribution in [3.8, 4) is 0 Å². The van der Waals surface area contributed by atoms with Crippen molar-refractivity contribution in [1.82, 2.24) is 4.90 Å². The summed E-state index contributed by atoms with van der Waals surface area (Å²) in [6, 6.07) is 18.5. The highest BCUT2D eigenvalue weighted by molar-refractivity contribution is 5.14. The summed E-state index contributed by atoms with van der Waals surface area (Å²) in [6.45, 7) is 0.570. The Labute approximate surface area is 162 Å². The SMILES string of the molecule is OC1(C(F)(F)F)CCN(COCc2ccccc2)CC1OCc1ccccc1. The zero-order chi connectivity index (χ0) is 20.0. The molecule has 2 atom stereocenters. The van der Waals surface area contributed by atoms with Crippen LogP contribution in [0.3, 0.4) is 0 Å². The van der Waals surface area contributed by atoms with E-state index in [4.69, 9.17) is 9.47 Å². The molecule has 0 bridgehead atoms. The van der Waals surface area contributed by atoms with Crippen LogP contribution in [0.5, 0.6) is 0 Å². The summed E-state index contributed by atoms with van der Waals surface area (Å²) in [5, 5.41) is 10.3. The fourth-order valence-corrected chi connectivity index (χ4v) is 3.24. The van der Waals surface area contributed by atoms with Crippen molar-refractivity contribution >= 4 is 0 Å². The van der Waals surface area contributed by atoms with Gasteiger partial charge in [-0.3, -0.25) is 4.90 Å². The molecule has 1 heterocycles. The second kappa shape index (κ2) is 9.05. The number of alkyl halides is 3. The molecule has 2 aromatic carbocycles. The Kier molecular flexibility index (Phi) is 6.72. The van der Waals surface area contributed by atoms with Crippen LogP contribution in [-0.2, 0) is 22.7 Å². The van der Waals surface area contributed by atoms with E-state index >= 15 is 0 Å². The molecule has 0 spiro atoms. The van der Waals surface area contributed by atoms with E-state index < -0.39 is 24.3 Å². The standard InChI is InChI=1S/C21H24F3NO3/c22-21(23,24)20(26)11-12-25(16-27-14-17-7-3-1-4-8-17)13-19(20)28-15-18-9-5-2-6-10-18/h1-10,19,26H,11-16H2. The van der Waals surface area contributed by atoms with Crippen LogP contribution >= 0.6 is 0 Å². The molecule has 1 saturated heterocycles. The molecule has 1 fully saturated rings. The summed E-state index contributed by atoms with van der Waals surface area (Å²) in [5.41, 5.74) is -1.12. The minimum Gasteiger partial charge on any atom is -0.378 e. The molecule has 1 aliphatic heterocycles. The molecule has 2 aromatic rings. The second-order valence-corrected chi connectivity index (χ2v) is 7.00. The van der Waals surface area contributed by atoms with E-state index in [0.29, 0.717) is 6.61 Å². The van der Waals surface area contributed by atoms with Crippen LogP contribution in [0, 0.1) is 0 Å². The molecule has 1 aliphatic rings. The third-order valence-electron chi connectivity index (χ3n) is 4.94. The topological polar surface area (TPSA) is 41.9 Å². The van der Waals surface area contributed by atoms with Gasteiger partial charge in [-0.2, -0.15) is 13.2 Å². The highest BCUT2D eigenvalue weighted by Gasteiger charge is 2.60. The van der Waals surface area contributed by atoms with Gasteiger partial charge in [0.25, 0.3) is 0 Å². The predicted molar refractivity (Wildman–Crippen MR) is 98.3 cm³/mol. The predicted octanol–water partition coefficient (Wildman–Crippen LogP) is 3.75. The van der Waals surface area contributed by atoms with Crippen LogP contribution in [0.1, 0.15) is 17.5 Å². The molecule has 0 saturated carbocycles. The number of aliphatic hydroxyl groups is 1. The lowest BCUT2D eigenvalue weighted by Crippen LogP contribution is -2.63. The Morgan fingerprint density at radius 2 is 1.54 bits per heavy atom. The van der Waals surface area contributed by atoms with Crippen molar-refractivity contribution < 1.29 is 27.8 Å². The van der Waals surface area contributed by atoms with Gasteiger partial charge >= 0.3 is 6.18 Å². The highest BCUT2D eigenvalue weighted by Crippen LogP contribution is 2.40. The summed E-state index contributed by atoms with van der Waals surface area (Å²) in [7, 11) is 0. The number of hydrogen-bond acceptors (Lipinski definition) is 4. The lowest BCUT2D eigenvalue weighted by molar-refractivity contribution is -0.312. The summed E-state index contributed by atoms with van der Waals surface area (Å²) < 4.78 is 51.7. The van der Waals surface area contributed by atoms with Crippen LogP contribution in [0.25, 0.3) is 0 Å². The van der Waals surface area contributed by atoms with E-state index in [1.54, 1.807) is 29.2 Å². The second-order valence-electron chi connectivity index (χ2n) is 7.00. The fraction of sp³-hybridized carbons (Fsp3) is 0.429. The smallest absolute Gasteiger partial charge is 0.378 e. The molecule has 0 amide bonds. The number of piperidine rings is 1. The van der Waals surface area contributed by atoms with Gasteiger partial charge < -0.3 is 14.6 Å². The van der Waals surface area contributed by atoms with E-state index in [9.17, 15) is 18.3 Å². The van der Waals surface area contributed by atoms with Crippen molar-refractivity contribution in [2.75, 3.05) is 19.8 Å². The molecule has 0 radical (unpaired) electrons. The minimum atomic E-state index is -4.76. The van der Waals surface area contributed by atoms with Gasteiger partial charge in [-0.15, -0.1) is 0 Å². The Bertz CT molecular complexity index is 727. The third-order valence-corrected chi connectivity index (χ3v) is 4.94. The van der Waals surface area contributed by atoms with Gasteiger partial charge in [0, 0.05) is 19.5 Å². The van der Waals surface area contributed by atoms with E-state index in [0.717, 1.165) is 11.1 Å². The third kappa shape index (κ3) is 5.11. The first-order valence-electron chi connectivity index (χ1n) is 9.17. The van der Waals surface area contributed by atoms with Gasteiger partial charge in [-0.05, 0) is 11.1 Å². The highest BCUT2D eigenvalue weighted by atomic mass is 19.4. The van der Waals surface area contributed by atoms with Gasteiger partial charge in [0.2, 0.25) is 0 Å². The molecule has 0 aliphatic carbocycles. The maximum absolute atomic E-state index is 13.5. The summed E-state index contributed by atoms with van der Waals surface area (Å²) in [4.78, 5) is 1.73. The monoisotopic (exact) mass is 395 g/mol. The van der Waals surface area contributed by atoms with Crippen LogP contribution in [0.15, 0.2) is 60.7 Å². The first-order chi connectivity index (χ1) is 13.4. The maximum atomic E-state index is 13.5. The molecule has 7 heteroatoms. The van der Waals surface area contributed by atoms with Gasteiger partial charge in [0.15, 0.2) is 5.60 Å². The molecular formula is C21H24F3NO3. The number of hydrogen-bond donors (Lipinski definition) is 1. The quantitative estimate of drug-likeness (QED) is 0.776. The van der Waals surface area contributed by atoms with Crippen LogP contribution in [0.2, 0.25) is 0 Å². The van der Waals surface area contributed by atoms with Gasteiger partial charge in [0.1, 0.15) is 6.10 Å². The average Bonchev–Trinajstić information content (AvgIpc) is 2.69. The average molecular weight is 395 g/mol. The number of rotatable bonds is 7.